The number of carbonyl (C=O) groups excluding carboxylic acids is 2. The molecule has 0 aliphatic rings. The van der Waals surface area contributed by atoms with Crippen LogP contribution >= 0.6 is 0 Å². The zero-order chi connectivity index (χ0) is 20.2. The first-order valence-electron chi connectivity index (χ1n) is 9.32. The number of ketones is 1. The highest BCUT2D eigenvalue weighted by atomic mass is 16.5. The maximum atomic E-state index is 12.8. The van der Waals surface area contributed by atoms with Crippen molar-refractivity contribution in [2.45, 2.75) is 6.92 Å². The van der Waals surface area contributed by atoms with Crippen LogP contribution in [0.3, 0.4) is 0 Å². The zero-order valence-electron chi connectivity index (χ0n) is 15.9. The summed E-state index contributed by atoms with van der Waals surface area (Å²) in [5, 5.41) is 3.71. The highest BCUT2D eigenvalue weighted by molar-refractivity contribution is 6.10. The van der Waals surface area contributed by atoms with Gasteiger partial charge in [0.15, 0.2) is 6.61 Å². The van der Waals surface area contributed by atoms with Crippen molar-refractivity contribution in [3.05, 3.63) is 95.7 Å². The number of benzene rings is 3. The molecule has 1 aromatic heterocycles. The number of nitrogens with one attached hydrogen (secondary N) is 2. The summed E-state index contributed by atoms with van der Waals surface area (Å²) in [5.74, 6) is -0.0625. The summed E-state index contributed by atoms with van der Waals surface area (Å²) in [6.45, 7) is 1.72. The second-order valence-corrected chi connectivity index (χ2v) is 6.70. The average molecular weight is 384 g/mol. The van der Waals surface area contributed by atoms with E-state index in [2.05, 4.69) is 10.3 Å². The molecule has 0 bridgehead atoms. The second-order valence-electron chi connectivity index (χ2n) is 6.70. The van der Waals surface area contributed by atoms with Crippen LogP contribution in [0.15, 0.2) is 78.9 Å². The van der Waals surface area contributed by atoms with Crippen molar-refractivity contribution in [1.82, 2.24) is 4.98 Å². The van der Waals surface area contributed by atoms with Gasteiger partial charge < -0.3 is 15.0 Å². The van der Waals surface area contributed by atoms with Crippen molar-refractivity contribution in [3.8, 4) is 5.75 Å². The number of amides is 1. The lowest BCUT2D eigenvalue weighted by molar-refractivity contribution is 0.0915. The molecule has 0 spiro atoms. The summed E-state index contributed by atoms with van der Waals surface area (Å²) in [6.07, 6.45) is 0. The first-order chi connectivity index (χ1) is 14.1. The molecular weight excluding hydrogens is 364 g/mol. The fourth-order valence-electron chi connectivity index (χ4n) is 3.35. The Labute approximate surface area is 168 Å². The van der Waals surface area contributed by atoms with E-state index >= 15 is 0 Å². The van der Waals surface area contributed by atoms with E-state index in [1.165, 1.54) is 0 Å². The van der Waals surface area contributed by atoms with Crippen LogP contribution in [0.4, 0.5) is 5.69 Å². The molecule has 0 saturated carbocycles. The number of fused-ring (bicyclic) bond motifs is 1. The van der Waals surface area contributed by atoms with Crippen molar-refractivity contribution in [2.24, 2.45) is 0 Å². The van der Waals surface area contributed by atoms with E-state index in [-0.39, 0.29) is 18.3 Å². The van der Waals surface area contributed by atoms with Gasteiger partial charge in [-0.1, -0.05) is 48.5 Å². The normalized spacial score (nSPS) is 10.7. The van der Waals surface area contributed by atoms with Gasteiger partial charge in [-0.3, -0.25) is 9.59 Å². The predicted molar refractivity (Wildman–Crippen MR) is 114 cm³/mol. The molecule has 29 heavy (non-hydrogen) atoms. The molecule has 1 amide bonds. The fourth-order valence-corrected chi connectivity index (χ4v) is 3.35. The molecular formula is C24H20N2O3. The lowest BCUT2D eigenvalue weighted by Crippen LogP contribution is -2.17. The van der Waals surface area contributed by atoms with Gasteiger partial charge in [-0.15, -0.1) is 0 Å². The van der Waals surface area contributed by atoms with Crippen LogP contribution < -0.4 is 10.1 Å². The first-order valence-corrected chi connectivity index (χ1v) is 9.32. The quantitative estimate of drug-likeness (QED) is 0.460. The van der Waals surface area contributed by atoms with Crippen LogP contribution in [0.1, 0.15) is 26.4 Å². The molecule has 0 radical (unpaired) electrons. The van der Waals surface area contributed by atoms with Gasteiger partial charge in [0, 0.05) is 27.8 Å². The molecule has 0 fully saturated rings. The molecule has 4 rings (SSSR count). The SMILES string of the molecule is Cc1[nH]c2ccccc2c1C(=O)COc1ccccc1C(=O)Nc1ccccc1. The minimum absolute atomic E-state index is 0.141. The highest BCUT2D eigenvalue weighted by Gasteiger charge is 2.18. The number of hydrogen-bond acceptors (Lipinski definition) is 3. The summed E-state index contributed by atoms with van der Waals surface area (Å²) in [6, 6.07) is 23.8. The van der Waals surface area contributed by atoms with E-state index in [0.717, 1.165) is 16.6 Å². The minimum atomic E-state index is -0.289. The Morgan fingerprint density at radius 1 is 0.897 bits per heavy atom. The summed E-state index contributed by atoms with van der Waals surface area (Å²) in [5.41, 5.74) is 3.40. The molecule has 3 aromatic carbocycles. The van der Waals surface area contributed by atoms with Gasteiger partial charge >= 0.3 is 0 Å². The lowest BCUT2D eigenvalue weighted by atomic mass is 10.1. The summed E-state index contributed by atoms with van der Waals surface area (Å²) in [7, 11) is 0. The number of hydrogen-bond donors (Lipinski definition) is 2. The summed E-state index contributed by atoms with van der Waals surface area (Å²) in [4.78, 5) is 28.7. The first kappa shape index (κ1) is 18.5. The molecule has 1 heterocycles. The number of para-hydroxylation sites is 3. The predicted octanol–water partition coefficient (Wildman–Crippen LogP) is 4.99. The van der Waals surface area contributed by atoms with Gasteiger partial charge in [0.2, 0.25) is 5.78 Å². The van der Waals surface area contributed by atoms with E-state index in [9.17, 15) is 9.59 Å². The largest absolute Gasteiger partial charge is 0.485 e. The van der Waals surface area contributed by atoms with E-state index in [4.69, 9.17) is 4.74 Å². The van der Waals surface area contributed by atoms with E-state index in [0.29, 0.717) is 22.6 Å². The molecule has 0 aliphatic heterocycles. The molecule has 0 unspecified atom stereocenters. The van der Waals surface area contributed by atoms with Crippen molar-refractivity contribution in [1.29, 1.82) is 0 Å². The van der Waals surface area contributed by atoms with Crippen LogP contribution in [-0.2, 0) is 0 Å². The highest BCUT2D eigenvalue weighted by Crippen LogP contribution is 2.24. The smallest absolute Gasteiger partial charge is 0.259 e. The van der Waals surface area contributed by atoms with E-state index < -0.39 is 0 Å². The molecule has 4 aromatic rings. The lowest BCUT2D eigenvalue weighted by Gasteiger charge is -2.11. The Morgan fingerprint density at radius 3 is 2.41 bits per heavy atom. The van der Waals surface area contributed by atoms with Crippen molar-refractivity contribution in [3.63, 3.8) is 0 Å². The van der Waals surface area contributed by atoms with Gasteiger partial charge in [0.05, 0.1) is 5.56 Å². The van der Waals surface area contributed by atoms with Gasteiger partial charge in [0.1, 0.15) is 5.75 Å². The molecule has 2 N–H and O–H groups in total. The second kappa shape index (κ2) is 8.02. The molecule has 0 aliphatic carbocycles. The zero-order valence-corrected chi connectivity index (χ0v) is 15.9. The van der Waals surface area contributed by atoms with Crippen molar-refractivity contribution in [2.75, 3.05) is 11.9 Å². The van der Waals surface area contributed by atoms with E-state index in [1.807, 2.05) is 61.5 Å². The van der Waals surface area contributed by atoms with Crippen LogP contribution in [0.25, 0.3) is 10.9 Å². The topological polar surface area (TPSA) is 71.2 Å². The summed E-state index contributed by atoms with van der Waals surface area (Å²) < 4.78 is 5.76. The monoisotopic (exact) mass is 384 g/mol. The fraction of sp³-hybridized carbons (Fsp3) is 0.0833. The minimum Gasteiger partial charge on any atom is -0.485 e. The van der Waals surface area contributed by atoms with Crippen LogP contribution in [0, 0.1) is 6.92 Å². The average Bonchev–Trinajstić information content (AvgIpc) is 3.08. The number of ether oxygens (including phenoxy) is 1. The van der Waals surface area contributed by atoms with Crippen LogP contribution in [0.2, 0.25) is 0 Å². The van der Waals surface area contributed by atoms with Crippen LogP contribution in [-0.4, -0.2) is 23.3 Å². The van der Waals surface area contributed by atoms with Gasteiger partial charge in [-0.05, 0) is 37.3 Å². The number of anilines is 1. The van der Waals surface area contributed by atoms with E-state index in [1.54, 1.807) is 24.3 Å². The number of aromatic nitrogens is 1. The number of Topliss-reactive ketones (excluding diaryl/α,β-unsaturated/α-hetero) is 1. The van der Waals surface area contributed by atoms with Gasteiger partial charge in [-0.2, -0.15) is 0 Å². The van der Waals surface area contributed by atoms with Crippen LogP contribution in [0.5, 0.6) is 5.75 Å². The number of rotatable bonds is 6. The Balaban J connectivity index is 1.52. The molecule has 5 nitrogen and oxygen atoms in total. The number of aryl methyl sites for hydroxylation is 1. The maximum absolute atomic E-state index is 12.8. The number of aromatic amines is 1. The molecule has 144 valence electrons. The third-order valence-electron chi connectivity index (χ3n) is 4.69. The Morgan fingerprint density at radius 2 is 1.59 bits per heavy atom. The Kier molecular flexibility index (Phi) is 5.12. The third-order valence-corrected chi connectivity index (χ3v) is 4.69. The number of H-pyrrole nitrogens is 1. The van der Waals surface area contributed by atoms with Gasteiger partial charge in [-0.25, -0.2) is 0 Å². The standard InChI is InChI=1S/C24H20N2O3/c1-16-23(18-11-5-7-13-20(18)25-16)21(27)15-29-22-14-8-6-12-19(22)24(28)26-17-9-3-2-4-10-17/h2-14,25H,15H2,1H3,(H,26,28). The maximum Gasteiger partial charge on any atom is 0.259 e. The van der Waals surface area contributed by atoms with Crippen molar-refractivity contribution < 1.29 is 14.3 Å². The molecule has 0 atom stereocenters. The number of carbonyl (C=O) groups is 2. The molecule has 5 heteroatoms. The van der Waals surface area contributed by atoms with Gasteiger partial charge in [0.25, 0.3) is 5.91 Å². The Bertz CT molecular complexity index is 1180. The van der Waals surface area contributed by atoms with Crippen molar-refractivity contribution >= 4 is 28.3 Å². The third kappa shape index (κ3) is 3.89. The molecule has 0 saturated heterocycles. The summed E-state index contributed by atoms with van der Waals surface area (Å²) >= 11 is 0. The Hall–Kier alpha value is -3.86.